The molecule has 0 fully saturated rings. The number of carbonyl (C=O) groups excluding carboxylic acids is 1. The summed E-state index contributed by atoms with van der Waals surface area (Å²) in [6, 6.07) is 14.3. The number of hydrogen-bond donors (Lipinski definition) is 0. The van der Waals surface area contributed by atoms with Gasteiger partial charge in [-0.3, -0.25) is 9.48 Å². The first-order valence-corrected chi connectivity index (χ1v) is 6.19. The van der Waals surface area contributed by atoms with Crippen LogP contribution in [-0.4, -0.2) is 16.1 Å². The molecular weight excluding hydrogens is 236 g/mol. The number of aryl methyl sites for hydroxylation is 2. The number of rotatable bonds is 2. The van der Waals surface area contributed by atoms with Crippen LogP contribution in [0.15, 0.2) is 42.5 Å². The fourth-order valence-corrected chi connectivity index (χ4v) is 2.57. The van der Waals surface area contributed by atoms with Gasteiger partial charge < -0.3 is 0 Å². The maximum atomic E-state index is 11.3. The van der Waals surface area contributed by atoms with Crippen molar-refractivity contribution in [1.82, 2.24) is 9.78 Å². The quantitative estimate of drug-likeness (QED) is 0.654. The molecule has 94 valence electrons. The van der Waals surface area contributed by atoms with Crippen molar-refractivity contribution in [2.45, 2.75) is 6.92 Å². The summed E-state index contributed by atoms with van der Waals surface area (Å²) in [7, 11) is 1.87. The summed E-state index contributed by atoms with van der Waals surface area (Å²) in [5.74, 6) is 0. The Hall–Kier alpha value is -2.42. The summed E-state index contributed by atoms with van der Waals surface area (Å²) in [5, 5.41) is 6.65. The van der Waals surface area contributed by atoms with Crippen LogP contribution in [0.4, 0.5) is 0 Å². The third kappa shape index (κ3) is 1.74. The first-order chi connectivity index (χ1) is 9.22. The Morgan fingerprint density at radius 3 is 2.63 bits per heavy atom. The molecule has 3 nitrogen and oxygen atoms in total. The summed E-state index contributed by atoms with van der Waals surface area (Å²) in [5.41, 5.74) is 3.35. The number of nitrogens with zero attached hydrogens (tertiary/aromatic N) is 2. The number of aromatic nitrogens is 2. The molecule has 3 heteroatoms. The Morgan fingerprint density at radius 2 is 1.84 bits per heavy atom. The first-order valence-electron chi connectivity index (χ1n) is 6.19. The third-order valence-corrected chi connectivity index (χ3v) is 3.43. The van der Waals surface area contributed by atoms with Gasteiger partial charge in [-0.1, -0.05) is 42.5 Å². The van der Waals surface area contributed by atoms with E-state index in [2.05, 4.69) is 23.3 Å². The lowest BCUT2D eigenvalue weighted by molar-refractivity contribution is 0.112. The van der Waals surface area contributed by atoms with Gasteiger partial charge in [0, 0.05) is 12.6 Å². The van der Waals surface area contributed by atoms with E-state index < -0.39 is 0 Å². The monoisotopic (exact) mass is 250 g/mol. The molecule has 0 aliphatic carbocycles. The van der Waals surface area contributed by atoms with Crippen molar-refractivity contribution < 1.29 is 4.79 Å². The normalized spacial score (nSPS) is 10.8. The van der Waals surface area contributed by atoms with Crippen LogP contribution in [0.25, 0.3) is 22.0 Å². The van der Waals surface area contributed by atoms with Gasteiger partial charge in [-0.25, -0.2) is 0 Å². The van der Waals surface area contributed by atoms with Crippen molar-refractivity contribution in [3.63, 3.8) is 0 Å². The van der Waals surface area contributed by atoms with E-state index >= 15 is 0 Å². The summed E-state index contributed by atoms with van der Waals surface area (Å²) < 4.78 is 1.78. The molecule has 0 N–H and O–H groups in total. The minimum Gasteiger partial charge on any atom is -0.298 e. The van der Waals surface area contributed by atoms with E-state index in [9.17, 15) is 4.79 Å². The molecule has 19 heavy (non-hydrogen) atoms. The van der Waals surface area contributed by atoms with Gasteiger partial charge in [-0.15, -0.1) is 0 Å². The maximum absolute atomic E-state index is 11.3. The van der Waals surface area contributed by atoms with Gasteiger partial charge in [0.25, 0.3) is 0 Å². The fourth-order valence-electron chi connectivity index (χ4n) is 2.57. The molecule has 0 amide bonds. The lowest BCUT2D eigenvalue weighted by Gasteiger charge is -2.08. The maximum Gasteiger partial charge on any atom is 0.154 e. The lowest BCUT2D eigenvalue weighted by atomic mass is 9.99. The Balaban J connectivity index is 2.40. The van der Waals surface area contributed by atoms with Crippen LogP contribution < -0.4 is 0 Å². The number of hydrogen-bond acceptors (Lipinski definition) is 2. The average Bonchev–Trinajstić information content (AvgIpc) is 2.72. The second-order valence-corrected chi connectivity index (χ2v) is 4.62. The van der Waals surface area contributed by atoms with E-state index in [0.717, 1.165) is 34.0 Å². The van der Waals surface area contributed by atoms with Crippen LogP contribution in [-0.2, 0) is 7.05 Å². The molecule has 0 saturated carbocycles. The molecule has 0 aliphatic rings. The predicted octanol–water partition coefficient (Wildman–Crippen LogP) is 3.36. The van der Waals surface area contributed by atoms with Crippen molar-refractivity contribution in [3.05, 3.63) is 53.7 Å². The number of benzene rings is 2. The van der Waals surface area contributed by atoms with Crippen molar-refractivity contribution in [2.75, 3.05) is 0 Å². The van der Waals surface area contributed by atoms with Crippen LogP contribution in [0.3, 0.4) is 0 Å². The highest BCUT2D eigenvalue weighted by atomic mass is 16.1. The van der Waals surface area contributed by atoms with Gasteiger partial charge in [0.1, 0.15) is 0 Å². The highest BCUT2D eigenvalue weighted by Gasteiger charge is 2.16. The van der Waals surface area contributed by atoms with Gasteiger partial charge in [-0.2, -0.15) is 5.10 Å². The van der Waals surface area contributed by atoms with E-state index in [1.54, 1.807) is 4.68 Å². The van der Waals surface area contributed by atoms with E-state index in [1.807, 2.05) is 38.2 Å². The zero-order valence-electron chi connectivity index (χ0n) is 10.9. The van der Waals surface area contributed by atoms with Crippen molar-refractivity contribution in [2.24, 2.45) is 7.05 Å². The molecule has 2 aromatic carbocycles. The molecule has 0 bridgehead atoms. The average molecular weight is 250 g/mol. The Labute approximate surface area is 111 Å². The summed E-state index contributed by atoms with van der Waals surface area (Å²) in [6.45, 7) is 1.86. The molecule has 0 spiro atoms. The van der Waals surface area contributed by atoms with Gasteiger partial charge in [0.2, 0.25) is 0 Å². The zero-order chi connectivity index (χ0) is 13.4. The highest BCUT2D eigenvalue weighted by Crippen LogP contribution is 2.31. The first kappa shape index (κ1) is 11.7. The largest absolute Gasteiger partial charge is 0.298 e. The highest BCUT2D eigenvalue weighted by molar-refractivity contribution is 6.00. The topological polar surface area (TPSA) is 34.9 Å². The third-order valence-electron chi connectivity index (χ3n) is 3.43. The SMILES string of the molecule is Cc1nn(C)c(-c2cccc3ccccc23)c1C=O. The van der Waals surface area contributed by atoms with E-state index in [-0.39, 0.29) is 0 Å². The van der Waals surface area contributed by atoms with Crippen molar-refractivity contribution in [3.8, 4) is 11.3 Å². The van der Waals surface area contributed by atoms with E-state index in [1.165, 1.54) is 0 Å². The van der Waals surface area contributed by atoms with Crippen LogP contribution in [0.5, 0.6) is 0 Å². The van der Waals surface area contributed by atoms with E-state index in [4.69, 9.17) is 0 Å². The predicted molar refractivity (Wildman–Crippen MR) is 76.3 cm³/mol. The molecule has 1 aromatic heterocycles. The van der Waals surface area contributed by atoms with Crippen LogP contribution >= 0.6 is 0 Å². The number of carbonyl (C=O) groups is 1. The number of fused-ring (bicyclic) bond motifs is 1. The molecule has 0 saturated heterocycles. The van der Waals surface area contributed by atoms with Crippen LogP contribution in [0.2, 0.25) is 0 Å². The molecule has 0 atom stereocenters. The standard InChI is InChI=1S/C16H14N2O/c1-11-15(10-19)16(18(2)17-11)14-9-5-7-12-6-3-4-8-13(12)14/h3-10H,1-2H3. The summed E-state index contributed by atoms with van der Waals surface area (Å²) in [6.07, 6.45) is 0.888. The van der Waals surface area contributed by atoms with Crippen molar-refractivity contribution >= 4 is 17.1 Å². The minimum atomic E-state index is 0.666. The van der Waals surface area contributed by atoms with Crippen molar-refractivity contribution in [1.29, 1.82) is 0 Å². The Bertz CT molecular complexity index is 766. The molecular formula is C16H14N2O. The molecule has 0 unspecified atom stereocenters. The van der Waals surface area contributed by atoms with Gasteiger partial charge >= 0.3 is 0 Å². The molecule has 0 radical (unpaired) electrons. The smallest absolute Gasteiger partial charge is 0.154 e. The van der Waals surface area contributed by atoms with Gasteiger partial charge in [0.05, 0.1) is 17.0 Å². The lowest BCUT2D eigenvalue weighted by Crippen LogP contribution is -1.96. The second-order valence-electron chi connectivity index (χ2n) is 4.62. The second kappa shape index (κ2) is 4.35. The fraction of sp³-hybridized carbons (Fsp3) is 0.125. The van der Waals surface area contributed by atoms with Crippen LogP contribution in [0.1, 0.15) is 16.1 Å². The Kier molecular flexibility index (Phi) is 2.67. The molecule has 3 rings (SSSR count). The summed E-state index contributed by atoms with van der Waals surface area (Å²) in [4.78, 5) is 11.3. The van der Waals surface area contributed by atoms with Gasteiger partial charge in [0.15, 0.2) is 6.29 Å². The molecule has 0 aliphatic heterocycles. The minimum absolute atomic E-state index is 0.666. The summed E-state index contributed by atoms with van der Waals surface area (Å²) >= 11 is 0. The van der Waals surface area contributed by atoms with E-state index in [0.29, 0.717) is 5.56 Å². The number of aldehydes is 1. The Morgan fingerprint density at radius 1 is 1.11 bits per heavy atom. The molecule has 1 heterocycles. The molecule has 3 aromatic rings. The van der Waals surface area contributed by atoms with Gasteiger partial charge in [-0.05, 0) is 17.7 Å². The van der Waals surface area contributed by atoms with Crippen LogP contribution in [0, 0.1) is 6.92 Å². The zero-order valence-corrected chi connectivity index (χ0v) is 10.9.